The van der Waals surface area contributed by atoms with E-state index < -0.39 is 17.8 Å². The molecule has 1 aromatic heterocycles. The Kier molecular flexibility index (Phi) is 7.27. The minimum Gasteiger partial charge on any atom is -0.385 e. The van der Waals surface area contributed by atoms with Gasteiger partial charge in [-0.05, 0) is 46.6 Å². The Hall–Kier alpha value is -1.61. The highest BCUT2D eigenvalue weighted by Crippen LogP contribution is 2.35. The number of alkyl halides is 3. The van der Waals surface area contributed by atoms with Gasteiger partial charge >= 0.3 is 6.18 Å². The van der Waals surface area contributed by atoms with Crippen LogP contribution >= 0.6 is 0 Å². The first-order valence-electron chi connectivity index (χ1n) is 9.34. The maximum atomic E-state index is 13.5. The number of piperidine rings is 1. The quantitative estimate of drug-likeness (QED) is 0.727. The Morgan fingerprint density at radius 1 is 1.41 bits per heavy atom. The average Bonchev–Trinajstić information content (AvgIpc) is 2.96. The lowest BCUT2D eigenvalue weighted by molar-refractivity contribution is -0.142. The zero-order valence-corrected chi connectivity index (χ0v) is 16.4. The van der Waals surface area contributed by atoms with E-state index in [4.69, 9.17) is 4.74 Å². The number of rotatable bonds is 7. The molecule has 0 radical (unpaired) electrons. The summed E-state index contributed by atoms with van der Waals surface area (Å²) in [6.07, 6.45) is -2.51. The second-order valence-electron chi connectivity index (χ2n) is 7.24. The predicted molar refractivity (Wildman–Crippen MR) is 95.8 cm³/mol. The molecule has 1 saturated heterocycles. The Morgan fingerprint density at radius 3 is 2.70 bits per heavy atom. The molecule has 1 aliphatic heterocycles. The second kappa shape index (κ2) is 9.05. The third kappa shape index (κ3) is 5.22. The van der Waals surface area contributed by atoms with Crippen molar-refractivity contribution < 1.29 is 22.7 Å². The Bertz CT molecular complexity index is 643. The normalized spacial score (nSPS) is 18.9. The number of nitrogens with one attached hydrogen (secondary N) is 1. The number of hydrogen-bond acceptors (Lipinski definition) is 4. The van der Waals surface area contributed by atoms with E-state index >= 15 is 0 Å². The summed E-state index contributed by atoms with van der Waals surface area (Å²) in [6.45, 7) is 7.91. The van der Waals surface area contributed by atoms with Gasteiger partial charge in [0, 0.05) is 38.5 Å². The molecule has 0 spiro atoms. The standard InChI is InChI=1S/C18H29F3N4O2/c1-12(2)24-9-5-7-14(11-24)25-13(3)15(16(23-25)18(19,20)21)17(26)22-8-6-10-27-4/h12,14H,5-11H2,1-4H3,(H,22,26). The molecule has 0 saturated carbocycles. The minimum atomic E-state index is -4.68. The van der Waals surface area contributed by atoms with Crippen LogP contribution in [0.4, 0.5) is 13.2 Å². The number of aromatic nitrogens is 2. The van der Waals surface area contributed by atoms with E-state index in [1.807, 2.05) is 0 Å². The van der Waals surface area contributed by atoms with Gasteiger partial charge in [0.1, 0.15) is 0 Å². The summed E-state index contributed by atoms with van der Waals surface area (Å²) >= 11 is 0. The smallest absolute Gasteiger partial charge is 0.385 e. The van der Waals surface area contributed by atoms with Gasteiger partial charge in [-0.1, -0.05) is 0 Å². The highest BCUT2D eigenvalue weighted by molar-refractivity contribution is 5.96. The molecule has 1 atom stereocenters. The average molecular weight is 390 g/mol. The van der Waals surface area contributed by atoms with Gasteiger partial charge in [0.05, 0.1) is 11.6 Å². The van der Waals surface area contributed by atoms with Gasteiger partial charge < -0.3 is 10.1 Å². The predicted octanol–water partition coefficient (Wildman–Crippen LogP) is 3.02. The van der Waals surface area contributed by atoms with Crippen LogP contribution in [0.5, 0.6) is 0 Å². The fourth-order valence-electron chi connectivity index (χ4n) is 3.50. The van der Waals surface area contributed by atoms with E-state index in [9.17, 15) is 18.0 Å². The molecule has 2 rings (SSSR count). The van der Waals surface area contributed by atoms with Gasteiger partial charge in [0.15, 0.2) is 5.69 Å². The van der Waals surface area contributed by atoms with Crippen LogP contribution in [-0.2, 0) is 10.9 Å². The van der Waals surface area contributed by atoms with E-state index in [-0.39, 0.29) is 23.8 Å². The summed E-state index contributed by atoms with van der Waals surface area (Å²) < 4.78 is 46.9. The number of likely N-dealkylation sites (tertiary alicyclic amines) is 1. The number of nitrogens with zero attached hydrogens (tertiary/aromatic N) is 3. The van der Waals surface area contributed by atoms with Gasteiger partial charge in [0.2, 0.25) is 0 Å². The zero-order valence-electron chi connectivity index (χ0n) is 16.4. The van der Waals surface area contributed by atoms with Crippen molar-refractivity contribution in [2.75, 3.05) is 33.4 Å². The monoisotopic (exact) mass is 390 g/mol. The molecular formula is C18H29F3N4O2. The van der Waals surface area contributed by atoms with Crippen molar-refractivity contribution in [1.29, 1.82) is 0 Å². The third-order valence-corrected chi connectivity index (χ3v) is 4.96. The maximum Gasteiger partial charge on any atom is 0.435 e. The van der Waals surface area contributed by atoms with Crippen LogP contribution < -0.4 is 5.32 Å². The molecule has 154 valence electrons. The van der Waals surface area contributed by atoms with Crippen LogP contribution in [0.1, 0.15) is 60.9 Å². The van der Waals surface area contributed by atoms with Crippen LogP contribution in [0.25, 0.3) is 0 Å². The van der Waals surface area contributed by atoms with Crippen molar-refractivity contribution in [1.82, 2.24) is 20.0 Å². The third-order valence-electron chi connectivity index (χ3n) is 4.96. The fraction of sp³-hybridized carbons (Fsp3) is 0.778. The summed E-state index contributed by atoms with van der Waals surface area (Å²) in [5.41, 5.74) is -1.21. The first-order chi connectivity index (χ1) is 12.7. The van der Waals surface area contributed by atoms with Crippen LogP contribution in [0.3, 0.4) is 0 Å². The minimum absolute atomic E-state index is 0.169. The fourth-order valence-corrected chi connectivity index (χ4v) is 3.50. The Balaban J connectivity index is 2.29. The van der Waals surface area contributed by atoms with Crippen molar-refractivity contribution >= 4 is 5.91 Å². The number of hydrogen-bond donors (Lipinski definition) is 1. The van der Waals surface area contributed by atoms with E-state index in [2.05, 4.69) is 29.2 Å². The Morgan fingerprint density at radius 2 is 2.11 bits per heavy atom. The van der Waals surface area contributed by atoms with Gasteiger partial charge in [0.25, 0.3) is 5.91 Å². The molecule has 0 aromatic carbocycles. The molecule has 1 amide bonds. The van der Waals surface area contributed by atoms with E-state index in [1.54, 1.807) is 6.92 Å². The summed E-state index contributed by atoms with van der Waals surface area (Å²) in [6, 6.07) is 0.145. The molecule has 6 nitrogen and oxygen atoms in total. The highest BCUT2D eigenvalue weighted by atomic mass is 19.4. The van der Waals surface area contributed by atoms with E-state index in [0.717, 1.165) is 19.4 Å². The molecule has 0 bridgehead atoms. The van der Waals surface area contributed by atoms with Gasteiger partial charge in [-0.3, -0.25) is 14.4 Å². The number of methoxy groups -OCH3 is 1. The first kappa shape index (κ1) is 21.7. The van der Waals surface area contributed by atoms with E-state index in [0.29, 0.717) is 25.6 Å². The van der Waals surface area contributed by atoms with Crippen molar-refractivity contribution in [2.45, 2.75) is 58.3 Å². The number of halogens is 3. The number of carbonyl (C=O) groups is 1. The van der Waals surface area contributed by atoms with Gasteiger partial charge in [-0.25, -0.2) is 0 Å². The summed E-state index contributed by atoms with van der Waals surface area (Å²) in [7, 11) is 1.53. The molecular weight excluding hydrogens is 361 g/mol. The largest absolute Gasteiger partial charge is 0.435 e. The van der Waals surface area contributed by atoms with Crippen molar-refractivity contribution in [3.8, 4) is 0 Å². The van der Waals surface area contributed by atoms with Crippen LogP contribution in [0.2, 0.25) is 0 Å². The molecule has 0 aliphatic carbocycles. The summed E-state index contributed by atoms with van der Waals surface area (Å²) in [5.74, 6) is -0.737. The van der Waals surface area contributed by atoms with Crippen LogP contribution in [0, 0.1) is 6.92 Å². The molecule has 1 fully saturated rings. The lowest BCUT2D eigenvalue weighted by atomic mass is 10.0. The topological polar surface area (TPSA) is 59.4 Å². The molecule has 27 heavy (non-hydrogen) atoms. The molecule has 2 heterocycles. The molecule has 1 aromatic rings. The second-order valence-corrected chi connectivity index (χ2v) is 7.24. The van der Waals surface area contributed by atoms with Crippen LogP contribution in [-0.4, -0.2) is 60.0 Å². The number of ether oxygens (including phenoxy) is 1. The van der Waals surface area contributed by atoms with Gasteiger partial charge in [-0.2, -0.15) is 18.3 Å². The number of carbonyl (C=O) groups excluding carboxylic acids is 1. The molecule has 1 N–H and O–H groups in total. The first-order valence-corrected chi connectivity index (χ1v) is 9.34. The van der Waals surface area contributed by atoms with E-state index in [1.165, 1.54) is 11.8 Å². The van der Waals surface area contributed by atoms with Crippen molar-refractivity contribution in [2.24, 2.45) is 0 Å². The SMILES string of the molecule is COCCCNC(=O)c1c(C(F)(F)F)nn(C2CCCN(C(C)C)C2)c1C. The zero-order chi connectivity index (χ0) is 20.2. The molecule has 1 aliphatic rings. The van der Waals surface area contributed by atoms with Crippen molar-refractivity contribution in [3.63, 3.8) is 0 Å². The molecule has 1 unspecified atom stereocenters. The van der Waals surface area contributed by atoms with Crippen LogP contribution in [0.15, 0.2) is 0 Å². The summed E-state index contributed by atoms with van der Waals surface area (Å²) in [5, 5.41) is 6.39. The summed E-state index contributed by atoms with van der Waals surface area (Å²) in [4.78, 5) is 14.7. The lowest BCUT2D eigenvalue weighted by Crippen LogP contribution is -2.41. The van der Waals surface area contributed by atoms with Gasteiger partial charge in [-0.15, -0.1) is 0 Å². The Labute approximate surface area is 158 Å². The van der Waals surface area contributed by atoms with Crippen molar-refractivity contribution in [3.05, 3.63) is 17.0 Å². The lowest BCUT2D eigenvalue weighted by Gasteiger charge is -2.35. The molecule has 9 heteroatoms. The highest BCUT2D eigenvalue weighted by Gasteiger charge is 2.41. The maximum absolute atomic E-state index is 13.5. The number of amides is 1.